The van der Waals surface area contributed by atoms with E-state index in [-0.39, 0.29) is 29.3 Å². The summed E-state index contributed by atoms with van der Waals surface area (Å²) < 4.78 is 19.4. The summed E-state index contributed by atoms with van der Waals surface area (Å²) in [5.74, 6) is 0.356. The van der Waals surface area contributed by atoms with Crippen molar-refractivity contribution in [1.82, 2.24) is 9.80 Å². The smallest absolute Gasteiger partial charge is 0.410 e. The summed E-state index contributed by atoms with van der Waals surface area (Å²) in [7, 11) is 0. The van der Waals surface area contributed by atoms with E-state index in [2.05, 4.69) is 4.90 Å². The third-order valence-corrected chi connectivity index (χ3v) is 8.44. The van der Waals surface area contributed by atoms with E-state index in [0.717, 1.165) is 63.0 Å². The summed E-state index contributed by atoms with van der Waals surface area (Å²) in [4.78, 5) is 31.1. The number of benzene rings is 1. The Morgan fingerprint density at radius 3 is 2.69 bits per heavy atom. The van der Waals surface area contributed by atoms with Gasteiger partial charge in [-0.05, 0) is 88.2 Å². The molecular weight excluding hydrogens is 409 g/mol. The van der Waals surface area contributed by atoms with E-state index < -0.39 is 0 Å². The molecular formula is C25H34FN3O3. The average Bonchev–Trinajstić information content (AvgIpc) is 3.34. The number of halogens is 1. The van der Waals surface area contributed by atoms with Gasteiger partial charge in [0.2, 0.25) is 5.91 Å². The van der Waals surface area contributed by atoms with Crippen LogP contribution < -0.4 is 4.90 Å². The van der Waals surface area contributed by atoms with Crippen molar-refractivity contribution < 1.29 is 18.7 Å². The van der Waals surface area contributed by atoms with Crippen LogP contribution in [0, 0.1) is 11.7 Å². The van der Waals surface area contributed by atoms with Gasteiger partial charge in [0.25, 0.3) is 0 Å². The molecule has 3 aliphatic heterocycles. The van der Waals surface area contributed by atoms with Crippen LogP contribution in [0.25, 0.3) is 0 Å². The molecule has 6 nitrogen and oxygen atoms in total. The molecule has 3 heterocycles. The first-order valence-corrected chi connectivity index (χ1v) is 12.2. The number of ether oxygens (including phenoxy) is 1. The number of piperidine rings is 2. The zero-order chi connectivity index (χ0) is 22.5. The van der Waals surface area contributed by atoms with E-state index in [4.69, 9.17) is 4.74 Å². The Hall–Kier alpha value is -2.15. The van der Waals surface area contributed by atoms with Crippen LogP contribution in [0.5, 0.6) is 0 Å². The Kier molecular flexibility index (Phi) is 5.64. The molecule has 1 aromatic rings. The van der Waals surface area contributed by atoms with Gasteiger partial charge in [-0.25, -0.2) is 9.18 Å². The number of carbonyl (C=O) groups is 2. The van der Waals surface area contributed by atoms with E-state index in [9.17, 15) is 14.0 Å². The molecule has 0 radical (unpaired) electrons. The lowest BCUT2D eigenvalue weighted by atomic mass is 9.74. The molecule has 0 bridgehead atoms. The summed E-state index contributed by atoms with van der Waals surface area (Å²) in [5, 5.41) is 0. The Morgan fingerprint density at radius 2 is 1.97 bits per heavy atom. The van der Waals surface area contributed by atoms with Gasteiger partial charge in [-0.15, -0.1) is 0 Å². The van der Waals surface area contributed by atoms with Crippen LogP contribution in [0.15, 0.2) is 18.2 Å². The second kappa shape index (κ2) is 8.32. The Morgan fingerprint density at radius 1 is 1.19 bits per heavy atom. The first kappa shape index (κ1) is 21.7. The van der Waals surface area contributed by atoms with Gasteiger partial charge in [0.1, 0.15) is 5.82 Å². The zero-order valence-electron chi connectivity index (χ0n) is 19.2. The number of hydrogen-bond donors (Lipinski definition) is 0. The SMILES string of the molecule is CCOC(=O)N1CCCC2CC(N3CCC4(CC3)CN(C(C)=O)c3ccc(F)cc34)CC21. The number of nitrogens with zero attached hydrogens (tertiary/aromatic N) is 3. The highest BCUT2D eigenvalue weighted by Gasteiger charge is 2.49. The van der Waals surface area contributed by atoms with Crippen molar-refractivity contribution >= 4 is 17.7 Å². The molecule has 2 amide bonds. The van der Waals surface area contributed by atoms with Crippen LogP contribution in [0.2, 0.25) is 0 Å². The maximum Gasteiger partial charge on any atom is 0.410 e. The summed E-state index contributed by atoms with van der Waals surface area (Å²) in [5.41, 5.74) is 1.73. The standard InChI is InChI=1S/C25H34FN3O3/c1-3-32-24(31)28-10-4-5-18-13-20(15-23(18)28)27-11-8-25(9-12-27)16-29(17(2)30)22-7-6-19(26)14-21(22)25/h6-7,14,18,20,23H,3-5,8-13,15-16H2,1-2H3. The fourth-order valence-corrected chi connectivity index (χ4v) is 6.85. The van der Waals surface area contributed by atoms with Gasteiger partial charge >= 0.3 is 6.09 Å². The molecule has 3 atom stereocenters. The van der Waals surface area contributed by atoms with Crippen molar-refractivity contribution in [3.8, 4) is 0 Å². The lowest BCUT2D eigenvalue weighted by Crippen LogP contribution is -2.49. The molecule has 1 spiro atoms. The highest BCUT2D eigenvalue weighted by atomic mass is 19.1. The third-order valence-electron chi connectivity index (χ3n) is 8.44. The molecule has 1 aliphatic carbocycles. The van der Waals surface area contributed by atoms with Gasteiger partial charge in [0.05, 0.1) is 6.61 Å². The number of likely N-dealkylation sites (tertiary alicyclic amines) is 2. The Bertz CT molecular complexity index is 898. The van der Waals surface area contributed by atoms with Crippen LogP contribution in [-0.2, 0) is 14.9 Å². The molecule has 1 aromatic carbocycles. The summed E-state index contributed by atoms with van der Waals surface area (Å²) in [6.45, 7) is 7.23. The third kappa shape index (κ3) is 3.58. The summed E-state index contributed by atoms with van der Waals surface area (Å²) in [6, 6.07) is 5.64. The van der Waals surface area contributed by atoms with Gasteiger partial charge in [-0.2, -0.15) is 0 Å². The predicted molar refractivity (Wildman–Crippen MR) is 120 cm³/mol. The Balaban J connectivity index is 1.28. The van der Waals surface area contributed by atoms with E-state index >= 15 is 0 Å². The molecule has 0 aromatic heterocycles. The molecule has 32 heavy (non-hydrogen) atoms. The normalized spacial score (nSPS) is 29.2. The van der Waals surface area contributed by atoms with Crippen molar-refractivity contribution in [2.24, 2.45) is 5.92 Å². The highest BCUT2D eigenvalue weighted by Crippen LogP contribution is 2.49. The lowest BCUT2D eigenvalue weighted by molar-refractivity contribution is -0.116. The zero-order valence-corrected chi connectivity index (χ0v) is 19.2. The van der Waals surface area contributed by atoms with E-state index in [1.54, 1.807) is 19.1 Å². The van der Waals surface area contributed by atoms with Gasteiger partial charge in [-0.1, -0.05) is 0 Å². The number of fused-ring (bicyclic) bond motifs is 3. The molecule has 0 N–H and O–H groups in total. The van der Waals surface area contributed by atoms with Gasteiger partial charge in [-0.3, -0.25) is 4.79 Å². The minimum Gasteiger partial charge on any atom is -0.450 e. The van der Waals surface area contributed by atoms with Crippen molar-refractivity contribution in [3.05, 3.63) is 29.6 Å². The minimum atomic E-state index is -0.227. The molecule has 2 saturated heterocycles. The first-order valence-electron chi connectivity index (χ1n) is 12.2. The minimum absolute atomic E-state index is 0.0242. The number of rotatable bonds is 2. The fraction of sp³-hybridized carbons (Fsp3) is 0.680. The van der Waals surface area contributed by atoms with Crippen LogP contribution >= 0.6 is 0 Å². The van der Waals surface area contributed by atoms with Crippen molar-refractivity contribution in [2.75, 3.05) is 37.7 Å². The quantitative estimate of drug-likeness (QED) is 0.695. The average molecular weight is 444 g/mol. The predicted octanol–water partition coefficient (Wildman–Crippen LogP) is 3.93. The molecule has 1 saturated carbocycles. The Labute approximate surface area is 189 Å². The number of carbonyl (C=O) groups excluding carboxylic acids is 2. The van der Waals surface area contributed by atoms with Crippen molar-refractivity contribution in [2.45, 2.75) is 69.9 Å². The van der Waals surface area contributed by atoms with Crippen LogP contribution in [-0.4, -0.2) is 66.7 Å². The van der Waals surface area contributed by atoms with Crippen LogP contribution in [0.1, 0.15) is 57.9 Å². The van der Waals surface area contributed by atoms with Gasteiger partial charge in [0.15, 0.2) is 0 Å². The second-order valence-electron chi connectivity index (χ2n) is 10.1. The van der Waals surface area contributed by atoms with Crippen molar-refractivity contribution in [3.63, 3.8) is 0 Å². The van der Waals surface area contributed by atoms with Gasteiger partial charge < -0.3 is 19.4 Å². The lowest BCUT2D eigenvalue weighted by Gasteiger charge is -2.42. The van der Waals surface area contributed by atoms with E-state index in [1.807, 2.05) is 16.7 Å². The highest BCUT2D eigenvalue weighted by molar-refractivity contribution is 5.94. The maximum atomic E-state index is 14.1. The molecule has 7 heteroatoms. The largest absolute Gasteiger partial charge is 0.450 e. The molecule has 4 aliphatic rings. The van der Waals surface area contributed by atoms with Crippen LogP contribution in [0.3, 0.4) is 0 Å². The maximum absolute atomic E-state index is 14.1. The summed E-state index contributed by atoms with van der Waals surface area (Å²) >= 11 is 0. The van der Waals surface area contributed by atoms with Crippen LogP contribution in [0.4, 0.5) is 14.9 Å². The molecule has 3 fully saturated rings. The van der Waals surface area contributed by atoms with Crippen molar-refractivity contribution in [1.29, 1.82) is 0 Å². The number of anilines is 1. The fourth-order valence-electron chi connectivity index (χ4n) is 6.85. The summed E-state index contributed by atoms with van der Waals surface area (Å²) in [6.07, 6.45) is 6.10. The molecule has 5 rings (SSSR count). The molecule has 174 valence electrons. The monoisotopic (exact) mass is 443 g/mol. The number of hydrogen-bond acceptors (Lipinski definition) is 4. The number of amides is 2. The van der Waals surface area contributed by atoms with E-state index in [1.165, 1.54) is 12.5 Å². The topological polar surface area (TPSA) is 53.1 Å². The van der Waals surface area contributed by atoms with E-state index in [0.29, 0.717) is 25.1 Å². The van der Waals surface area contributed by atoms with Gasteiger partial charge in [0, 0.05) is 43.2 Å². The second-order valence-corrected chi connectivity index (χ2v) is 10.1. The molecule has 3 unspecified atom stereocenters. The first-order chi connectivity index (χ1) is 15.4.